The molecular weight excluding hydrogens is 249 g/mol. The van der Waals surface area contributed by atoms with Gasteiger partial charge in [-0.2, -0.15) is 13.2 Å². The van der Waals surface area contributed by atoms with Crippen LogP contribution in [-0.4, -0.2) is 37.4 Å². The summed E-state index contributed by atoms with van der Waals surface area (Å²) in [7, 11) is 0. The fraction of sp³-hybridized carbons (Fsp3) is 0.909. The highest BCUT2D eigenvalue weighted by atomic mass is 19.4. The smallest absolute Gasteiger partial charge is 0.372 e. The molecule has 1 rings (SSSR count). The van der Waals surface area contributed by atoms with Gasteiger partial charge in [0.25, 0.3) is 0 Å². The molecule has 0 heterocycles. The summed E-state index contributed by atoms with van der Waals surface area (Å²) in [6.07, 6.45) is -0.723. The number of halogens is 3. The van der Waals surface area contributed by atoms with Crippen molar-refractivity contribution in [1.29, 1.82) is 0 Å². The Hall–Kier alpha value is -0.820. The number of nitrogens with two attached hydrogens (primary N) is 1. The summed E-state index contributed by atoms with van der Waals surface area (Å²) in [6, 6.07) is 0. The normalized spacial score (nSPS) is 18.9. The number of amides is 1. The molecule has 0 spiro atoms. The molecule has 7 heteroatoms. The van der Waals surface area contributed by atoms with E-state index in [0.29, 0.717) is 6.54 Å². The van der Waals surface area contributed by atoms with Crippen LogP contribution in [0.4, 0.5) is 13.2 Å². The molecule has 0 aromatic carbocycles. The number of carbonyl (C=O) groups is 1. The molecule has 0 radical (unpaired) electrons. The van der Waals surface area contributed by atoms with Gasteiger partial charge in [-0.05, 0) is 12.8 Å². The van der Waals surface area contributed by atoms with Crippen LogP contribution < -0.4 is 11.1 Å². The summed E-state index contributed by atoms with van der Waals surface area (Å²) in [5, 5.41) is 2.81. The summed E-state index contributed by atoms with van der Waals surface area (Å²) in [4.78, 5) is 11.6. The van der Waals surface area contributed by atoms with Gasteiger partial charge < -0.3 is 15.8 Å². The Morgan fingerprint density at radius 2 is 1.94 bits per heavy atom. The van der Waals surface area contributed by atoms with Gasteiger partial charge in [0.15, 0.2) is 0 Å². The van der Waals surface area contributed by atoms with Crippen molar-refractivity contribution in [3.05, 3.63) is 0 Å². The quantitative estimate of drug-likeness (QED) is 0.715. The molecule has 0 atom stereocenters. The minimum absolute atomic E-state index is 0.0716. The van der Waals surface area contributed by atoms with Crippen LogP contribution in [0.5, 0.6) is 0 Å². The second kappa shape index (κ2) is 6.38. The van der Waals surface area contributed by atoms with Gasteiger partial charge in [-0.1, -0.05) is 12.8 Å². The zero-order valence-corrected chi connectivity index (χ0v) is 10.2. The lowest BCUT2D eigenvalue weighted by Gasteiger charge is -2.28. The van der Waals surface area contributed by atoms with Gasteiger partial charge in [-0.15, -0.1) is 0 Å². The molecule has 106 valence electrons. The Kier molecular flexibility index (Phi) is 5.40. The second-order valence-electron chi connectivity index (χ2n) is 4.66. The van der Waals surface area contributed by atoms with Gasteiger partial charge >= 0.3 is 6.18 Å². The van der Waals surface area contributed by atoms with Crippen molar-refractivity contribution in [2.24, 2.45) is 5.73 Å². The summed E-state index contributed by atoms with van der Waals surface area (Å²) in [5.41, 5.74) is 5.27. The molecule has 0 bridgehead atoms. The maximum absolute atomic E-state index is 11.8. The minimum Gasteiger partial charge on any atom is -0.372 e. The predicted octanol–water partition coefficient (Wildman–Crippen LogP) is 1.34. The summed E-state index contributed by atoms with van der Waals surface area (Å²) in [5.74, 6) is -0.301. The van der Waals surface area contributed by atoms with Crippen molar-refractivity contribution < 1.29 is 22.7 Å². The van der Waals surface area contributed by atoms with E-state index in [2.05, 4.69) is 10.1 Å². The zero-order valence-electron chi connectivity index (χ0n) is 10.2. The van der Waals surface area contributed by atoms with E-state index in [9.17, 15) is 18.0 Å². The highest BCUT2D eigenvalue weighted by Gasteiger charge is 2.33. The van der Waals surface area contributed by atoms with Crippen molar-refractivity contribution in [2.45, 2.75) is 43.8 Å². The third kappa shape index (κ3) is 5.22. The van der Waals surface area contributed by atoms with E-state index in [1.165, 1.54) is 0 Å². The third-order valence-electron chi connectivity index (χ3n) is 3.10. The topological polar surface area (TPSA) is 64.3 Å². The highest BCUT2D eigenvalue weighted by molar-refractivity contribution is 5.77. The molecule has 0 aromatic heterocycles. The van der Waals surface area contributed by atoms with Gasteiger partial charge in [0, 0.05) is 13.0 Å². The Bertz CT molecular complexity index is 276. The van der Waals surface area contributed by atoms with Gasteiger partial charge in [-0.3, -0.25) is 4.79 Å². The number of rotatable bonds is 6. The van der Waals surface area contributed by atoms with Crippen molar-refractivity contribution in [2.75, 3.05) is 19.8 Å². The van der Waals surface area contributed by atoms with Gasteiger partial charge in [0.1, 0.15) is 6.61 Å². The van der Waals surface area contributed by atoms with Gasteiger partial charge in [0.05, 0.1) is 12.1 Å². The van der Waals surface area contributed by atoms with E-state index in [1.807, 2.05) is 0 Å². The van der Waals surface area contributed by atoms with Crippen molar-refractivity contribution in [3.63, 3.8) is 0 Å². The molecule has 1 aliphatic carbocycles. The first kappa shape index (κ1) is 15.2. The van der Waals surface area contributed by atoms with Crippen LogP contribution in [0, 0.1) is 0 Å². The average molecular weight is 268 g/mol. The van der Waals surface area contributed by atoms with E-state index in [4.69, 9.17) is 5.73 Å². The lowest BCUT2D eigenvalue weighted by Crippen LogP contribution is -2.51. The van der Waals surface area contributed by atoms with E-state index in [1.54, 1.807) is 0 Å². The van der Waals surface area contributed by atoms with Crippen LogP contribution in [0.3, 0.4) is 0 Å². The third-order valence-corrected chi connectivity index (χ3v) is 3.10. The van der Waals surface area contributed by atoms with Crippen LogP contribution >= 0.6 is 0 Å². The number of carbonyl (C=O) groups excluding carboxylic acids is 1. The van der Waals surface area contributed by atoms with Crippen LogP contribution in [0.15, 0.2) is 0 Å². The van der Waals surface area contributed by atoms with Crippen LogP contribution in [0.2, 0.25) is 0 Å². The van der Waals surface area contributed by atoms with E-state index in [-0.39, 0.29) is 24.5 Å². The molecule has 0 aliphatic heterocycles. The number of ether oxygens (including phenoxy) is 1. The largest absolute Gasteiger partial charge is 0.411 e. The lowest BCUT2D eigenvalue weighted by atomic mass is 9.98. The van der Waals surface area contributed by atoms with Crippen molar-refractivity contribution in [3.8, 4) is 0 Å². The first-order valence-electron chi connectivity index (χ1n) is 6.02. The Morgan fingerprint density at radius 3 is 2.44 bits per heavy atom. The molecule has 1 amide bonds. The van der Waals surface area contributed by atoms with E-state index >= 15 is 0 Å². The second-order valence-corrected chi connectivity index (χ2v) is 4.66. The molecular formula is C11H19F3N2O2. The highest BCUT2D eigenvalue weighted by Crippen LogP contribution is 2.28. The number of alkyl halides is 3. The molecule has 0 aromatic rings. The van der Waals surface area contributed by atoms with Crippen LogP contribution in [0.1, 0.15) is 32.1 Å². The number of nitrogens with one attached hydrogen (secondary N) is 1. The summed E-state index contributed by atoms with van der Waals surface area (Å²) in [6.45, 7) is -1.18. The Balaban J connectivity index is 2.21. The zero-order chi connectivity index (χ0) is 13.6. The monoisotopic (exact) mass is 268 g/mol. The average Bonchev–Trinajstić information content (AvgIpc) is 2.72. The summed E-state index contributed by atoms with van der Waals surface area (Å²) < 4.78 is 39.7. The SMILES string of the molecule is NCC1(NC(=O)CCOCC(F)(F)F)CCCC1. The first-order chi connectivity index (χ1) is 8.37. The number of hydrogen-bond donors (Lipinski definition) is 2. The maximum Gasteiger partial charge on any atom is 0.411 e. The van der Waals surface area contributed by atoms with Gasteiger partial charge in [0.2, 0.25) is 5.91 Å². The number of hydrogen-bond acceptors (Lipinski definition) is 3. The minimum atomic E-state index is -4.35. The molecule has 3 N–H and O–H groups in total. The lowest BCUT2D eigenvalue weighted by molar-refractivity contribution is -0.174. The summed E-state index contributed by atoms with van der Waals surface area (Å²) >= 11 is 0. The first-order valence-corrected chi connectivity index (χ1v) is 6.02. The molecule has 1 aliphatic rings. The molecule has 0 unspecified atom stereocenters. The van der Waals surface area contributed by atoms with Crippen LogP contribution in [-0.2, 0) is 9.53 Å². The molecule has 4 nitrogen and oxygen atoms in total. The van der Waals surface area contributed by atoms with Crippen molar-refractivity contribution in [1.82, 2.24) is 5.32 Å². The van der Waals surface area contributed by atoms with Crippen molar-refractivity contribution >= 4 is 5.91 Å². The molecule has 18 heavy (non-hydrogen) atoms. The predicted molar refractivity (Wildman–Crippen MR) is 59.9 cm³/mol. The fourth-order valence-electron chi connectivity index (χ4n) is 2.14. The Morgan fingerprint density at radius 1 is 1.33 bits per heavy atom. The molecule has 1 saturated carbocycles. The standard InChI is InChI=1S/C11H19F3N2O2/c12-11(13,14)8-18-6-3-9(17)16-10(7-15)4-1-2-5-10/h1-8,15H2,(H,16,17). The van der Waals surface area contributed by atoms with Gasteiger partial charge in [-0.25, -0.2) is 0 Å². The van der Waals surface area contributed by atoms with E-state index in [0.717, 1.165) is 25.7 Å². The van der Waals surface area contributed by atoms with E-state index < -0.39 is 12.8 Å². The Labute approximate surface area is 104 Å². The molecule has 1 fully saturated rings. The maximum atomic E-state index is 11.8. The van der Waals surface area contributed by atoms with Crippen LogP contribution in [0.25, 0.3) is 0 Å². The fourth-order valence-corrected chi connectivity index (χ4v) is 2.14. The molecule has 0 saturated heterocycles.